The number of hydrogen-bond acceptors (Lipinski definition) is 7. The summed E-state index contributed by atoms with van der Waals surface area (Å²) in [5.74, 6) is 0. The molecule has 8 nitrogen and oxygen atoms in total. The van der Waals surface area contributed by atoms with E-state index in [1.807, 2.05) is 0 Å². The molecular formula is C30H67N2O6P3. The van der Waals surface area contributed by atoms with Gasteiger partial charge in [0.1, 0.15) is 0 Å². The van der Waals surface area contributed by atoms with Crippen LogP contribution in [0, 0.1) is 0 Å². The van der Waals surface area contributed by atoms with Crippen molar-refractivity contribution in [1.29, 1.82) is 0 Å². The Morgan fingerprint density at radius 3 is 1.17 bits per heavy atom. The van der Waals surface area contributed by atoms with Gasteiger partial charge in [0.15, 0.2) is 8.09 Å². The molecule has 0 radical (unpaired) electrons. The zero-order valence-electron chi connectivity index (χ0n) is 27.7. The highest BCUT2D eigenvalue weighted by Crippen LogP contribution is 2.61. The fraction of sp³-hybridized carbons (Fsp3) is 1.00. The molecule has 0 saturated heterocycles. The van der Waals surface area contributed by atoms with E-state index in [0.29, 0.717) is 39.6 Å². The molecular weight excluding hydrogens is 577 g/mol. The molecule has 0 aromatic carbocycles. The molecule has 0 N–H and O–H groups in total. The van der Waals surface area contributed by atoms with Gasteiger partial charge < -0.3 is 27.1 Å². The molecule has 0 heterocycles. The molecule has 1 atom stereocenters. The molecule has 0 rings (SSSR count). The van der Waals surface area contributed by atoms with Crippen molar-refractivity contribution in [1.82, 2.24) is 0 Å². The van der Waals surface area contributed by atoms with Gasteiger partial charge in [-0.05, 0) is 38.5 Å². The first kappa shape index (κ1) is 41.7. The average molecular weight is 645 g/mol. The molecule has 0 aliphatic carbocycles. The second-order valence-electron chi connectivity index (χ2n) is 10.4. The Balaban J connectivity index is 6.28. The van der Waals surface area contributed by atoms with Gasteiger partial charge in [0.05, 0.1) is 39.6 Å². The summed E-state index contributed by atoms with van der Waals surface area (Å²) in [5, 5.41) is 0. The van der Waals surface area contributed by atoms with Crippen LogP contribution in [0.5, 0.6) is 0 Å². The quantitative estimate of drug-likeness (QED) is 0.0535. The van der Waals surface area contributed by atoms with E-state index in [-0.39, 0.29) is 0 Å². The summed E-state index contributed by atoms with van der Waals surface area (Å²) in [7, 11) is -6.56. The van der Waals surface area contributed by atoms with Gasteiger partial charge in [0.25, 0.3) is 0 Å². The summed E-state index contributed by atoms with van der Waals surface area (Å²) in [6, 6.07) is 0. The van der Waals surface area contributed by atoms with Crippen molar-refractivity contribution in [3.63, 3.8) is 0 Å². The minimum absolute atomic E-state index is 0.563. The van der Waals surface area contributed by atoms with Crippen LogP contribution in [0.25, 0.3) is 0 Å². The molecule has 0 aromatic rings. The molecule has 248 valence electrons. The number of unbranched alkanes of at least 4 members (excludes halogenated alkanes) is 12. The first-order chi connectivity index (χ1) is 20.1. The van der Waals surface area contributed by atoms with E-state index in [2.05, 4.69) is 41.5 Å². The molecule has 0 spiro atoms. The summed E-state index contributed by atoms with van der Waals surface area (Å²) in [5.41, 5.74) is 0. The highest BCUT2D eigenvalue weighted by atomic mass is 31.2. The minimum Gasteiger partial charge on any atom is -0.329 e. The van der Waals surface area contributed by atoms with E-state index in [9.17, 15) is 0 Å². The van der Waals surface area contributed by atoms with Crippen molar-refractivity contribution in [2.45, 2.75) is 157 Å². The van der Waals surface area contributed by atoms with Crippen LogP contribution in [0.2, 0.25) is 0 Å². The second-order valence-corrected chi connectivity index (χ2v) is 15.6. The maximum atomic E-state index is 6.47. The van der Waals surface area contributed by atoms with Gasteiger partial charge in [0, 0.05) is 0 Å². The monoisotopic (exact) mass is 644 g/mol. The number of nitrogens with zero attached hydrogens (tertiary/aromatic N) is 2. The van der Waals surface area contributed by atoms with E-state index in [1.165, 1.54) is 0 Å². The van der Waals surface area contributed by atoms with Crippen molar-refractivity contribution in [2.75, 3.05) is 39.6 Å². The van der Waals surface area contributed by atoms with Gasteiger partial charge in [-0.2, -0.15) is 9.03 Å². The second kappa shape index (κ2) is 32.1. The first-order valence-electron chi connectivity index (χ1n) is 16.9. The zero-order valence-corrected chi connectivity index (χ0v) is 30.5. The molecule has 0 saturated carbocycles. The van der Waals surface area contributed by atoms with Gasteiger partial charge in [-0.15, -0.1) is 0 Å². The van der Waals surface area contributed by atoms with Crippen LogP contribution in [0.15, 0.2) is 9.03 Å². The minimum atomic E-state index is -3.01. The topological polar surface area (TPSA) is 80.1 Å². The Kier molecular flexibility index (Phi) is 32.6. The predicted octanol–water partition coefficient (Wildman–Crippen LogP) is 12.6. The van der Waals surface area contributed by atoms with E-state index in [0.717, 1.165) is 116 Å². The van der Waals surface area contributed by atoms with Crippen molar-refractivity contribution >= 4 is 24.4 Å². The molecule has 0 aromatic heterocycles. The Hall–Kier alpha value is 0.650. The lowest BCUT2D eigenvalue weighted by molar-refractivity contribution is 0.142. The first-order valence-corrected chi connectivity index (χ1v) is 20.9. The number of hydrogen-bond donors (Lipinski definition) is 0. The highest BCUT2D eigenvalue weighted by Gasteiger charge is 2.26. The molecule has 0 bridgehead atoms. The molecule has 41 heavy (non-hydrogen) atoms. The van der Waals surface area contributed by atoms with Crippen LogP contribution in [-0.4, -0.2) is 39.6 Å². The Morgan fingerprint density at radius 1 is 0.463 bits per heavy atom. The molecule has 11 heteroatoms. The summed E-state index contributed by atoms with van der Waals surface area (Å²) >= 11 is 0. The van der Waals surface area contributed by atoms with Crippen molar-refractivity contribution in [3.8, 4) is 0 Å². The van der Waals surface area contributed by atoms with Crippen LogP contribution < -0.4 is 0 Å². The van der Waals surface area contributed by atoms with Crippen molar-refractivity contribution in [3.05, 3.63) is 0 Å². The third-order valence-electron chi connectivity index (χ3n) is 6.26. The van der Waals surface area contributed by atoms with Crippen LogP contribution in [-0.2, 0) is 27.1 Å². The summed E-state index contributed by atoms with van der Waals surface area (Å²) < 4.78 is 48.3. The Morgan fingerprint density at radius 2 is 0.805 bits per heavy atom. The van der Waals surface area contributed by atoms with Crippen LogP contribution >= 0.6 is 24.4 Å². The van der Waals surface area contributed by atoms with E-state index >= 15 is 0 Å². The standard InChI is InChI=1S/C30H67N2O6P3/c1-7-13-19-25-33-39(31-40(34-26-20-14-8-2)35-27-21-15-9-3)32-41(36-28-22-16-10-4,37-29-23-17-11-5)38-30-24-18-12-6/h39H,7-30H2,1-6H3. The van der Waals surface area contributed by atoms with Gasteiger partial charge in [-0.1, -0.05) is 119 Å². The summed E-state index contributed by atoms with van der Waals surface area (Å²) in [4.78, 5) is 0. The summed E-state index contributed by atoms with van der Waals surface area (Å²) in [6.45, 7) is 16.7. The van der Waals surface area contributed by atoms with E-state index in [1.54, 1.807) is 0 Å². The SMILES string of the molecule is CCCCCOP(N=[PH](N=P(OCCCCC)(OCCCCC)OCCCCC)OCCCCC)OCCCCC. The van der Waals surface area contributed by atoms with Crippen LogP contribution in [0.3, 0.4) is 0 Å². The third kappa shape index (κ3) is 25.7. The molecule has 0 aliphatic rings. The molecule has 0 aliphatic heterocycles. The fourth-order valence-electron chi connectivity index (χ4n) is 3.65. The lowest BCUT2D eigenvalue weighted by atomic mass is 10.3. The molecule has 1 unspecified atom stereocenters. The fourth-order valence-corrected chi connectivity index (χ4v) is 9.46. The third-order valence-corrected chi connectivity index (χ3v) is 12.1. The van der Waals surface area contributed by atoms with Crippen molar-refractivity contribution < 1.29 is 27.1 Å². The smallest absolute Gasteiger partial charge is 0.329 e. The van der Waals surface area contributed by atoms with Crippen LogP contribution in [0.1, 0.15) is 157 Å². The van der Waals surface area contributed by atoms with Gasteiger partial charge in [-0.3, -0.25) is 0 Å². The van der Waals surface area contributed by atoms with Gasteiger partial charge in [-0.25, -0.2) is 0 Å². The van der Waals surface area contributed by atoms with E-state index < -0.39 is 24.4 Å². The zero-order chi connectivity index (χ0) is 30.3. The normalized spacial score (nSPS) is 13.0. The lowest BCUT2D eigenvalue weighted by Gasteiger charge is -2.25. The summed E-state index contributed by atoms with van der Waals surface area (Å²) in [6.07, 6.45) is 19.3. The predicted molar refractivity (Wildman–Crippen MR) is 180 cm³/mol. The number of rotatable bonds is 32. The highest BCUT2D eigenvalue weighted by molar-refractivity contribution is 7.62. The Labute approximate surface area is 257 Å². The van der Waals surface area contributed by atoms with Gasteiger partial charge >= 0.3 is 16.3 Å². The van der Waals surface area contributed by atoms with Gasteiger partial charge in [0.2, 0.25) is 0 Å². The lowest BCUT2D eigenvalue weighted by Crippen LogP contribution is -2.05. The average Bonchev–Trinajstić information content (AvgIpc) is 2.98. The Bertz CT molecular complexity index is 593. The van der Waals surface area contributed by atoms with Crippen LogP contribution in [0.4, 0.5) is 0 Å². The maximum absolute atomic E-state index is 6.47. The maximum Gasteiger partial charge on any atom is 0.362 e. The van der Waals surface area contributed by atoms with E-state index in [4.69, 9.17) is 36.2 Å². The molecule has 0 amide bonds. The largest absolute Gasteiger partial charge is 0.362 e. The molecule has 0 fully saturated rings. The van der Waals surface area contributed by atoms with Crippen molar-refractivity contribution in [2.24, 2.45) is 9.03 Å².